The molecule has 0 heterocycles. The molecule has 106 valence electrons. The van der Waals surface area contributed by atoms with E-state index in [1.54, 1.807) is 7.11 Å². The van der Waals surface area contributed by atoms with E-state index in [2.05, 4.69) is 10.0 Å². The van der Waals surface area contributed by atoms with E-state index in [0.29, 0.717) is 25.1 Å². The first kappa shape index (κ1) is 15.6. The Morgan fingerprint density at radius 3 is 2.42 bits per heavy atom. The van der Waals surface area contributed by atoms with Crippen molar-refractivity contribution in [3.05, 3.63) is 29.8 Å². The number of ether oxygens (including phenoxy) is 1. The number of sulfonamides is 1. The summed E-state index contributed by atoms with van der Waals surface area (Å²) in [6, 6.07) is 5.76. The second kappa shape index (κ2) is 7.22. The van der Waals surface area contributed by atoms with Gasteiger partial charge in [0.2, 0.25) is 10.0 Å². The molecule has 0 aliphatic heterocycles. The Morgan fingerprint density at radius 1 is 1.26 bits per heavy atom. The number of carbonyl (C=O) groups excluding carboxylic acids is 1. The third-order valence-corrected chi connectivity index (χ3v) is 3.95. The average molecular weight is 286 g/mol. The molecule has 1 rings (SSSR count). The Bertz CT molecular complexity index is 511. The Hall–Kier alpha value is -1.44. The topological polar surface area (TPSA) is 84.5 Å². The Morgan fingerprint density at radius 2 is 1.89 bits per heavy atom. The molecule has 0 spiro atoms. The third-order valence-electron chi connectivity index (χ3n) is 2.47. The van der Waals surface area contributed by atoms with Gasteiger partial charge in [-0.15, -0.1) is 0 Å². The number of benzene rings is 1. The zero-order valence-electron chi connectivity index (χ0n) is 11.0. The molecule has 1 aromatic carbocycles. The molecular weight excluding hydrogens is 268 g/mol. The summed E-state index contributed by atoms with van der Waals surface area (Å²) in [5.74, 6) is -0.253. The van der Waals surface area contributed by atoms with E-state index >= 15 is 0 Å². The van der Waals surface area contributed by atoms with Crippen LogP contribution in [-0.2, 0) is 14.8 Å². The van der Waals surface area contributed by atoms with E-state index in [1.807, 2.05) is 0 Å². The van der Waals surface area contributed by atoms with E-state index < -0.39 is 10.0 Å². The number of carbonyl (C=O) groups is 1. The van der Waals surface area contributed by atoms with Gasteiger partial charge in [0.25, 0.3) is 5.91 Å². The highest BCUT2D eigenvalue weighted by Gasteiger charge is 2.13. The van der Waals surface area contributed by atoms with Crippen molar-refractivity contribution < 1.29 is 17.9 Å². The smallest absolute Gasteiger partial charge is 0.251 e. The molecule has 0 aromatic heterocycles. The van der Waals surface area contributed by atoms with Crippen LogP contribution in [0.15, 0.2) is 29.2 Å². The minimum absolute atomic E-state index is 0.137. The van der Waals surface area contributed by atoms with Crippen LogP contribution >= 0.6 is 0 Å². The summed E-state index contributed by atoms with van der Waals surface area (Å²) in [4.78, 5) is 11.5. The molecule has 1 amide bonds. The van der Waals surface area contributed by atoms with Crippen LogP contribution in [-0.4, -0.2) is 41.6 Å². The summed E-state index contributed by atoms with van der Waals surface area (Å²) in [5, 5.41) is 2.47. The number of rotatable bonds is 7. The van der Waals surface area contributed by atoms with Gasteiger partial charge in [0.1, 0.15) is 0 Å². The lowest BCUT2D eigenvalue weighted by Crippen LogP contribution is -2.25. The largest absolute Gasteiger partial charge is 0.385 e. The lowest BCUT2D eigenvalue weighted by Gasteiger charge is -2.07. The minimum Gasteiger partial charge on any atom is -0.385 e. The van der Waals surface area contributed by atoms with Crippen molar-refractivity contribution in [2.75, 3.05) is 27.3 Å². The molecule has 6 nitrogen and oxygen atoms in total. The number of amides is 1. The van der Waals surface area contributed by atoms with Crippen LogP contribution in [0.25, 0.3) is 0 Å². The van der Waals surface area contributed by atoms with E-state index in [-0.39, 0.29) is 10.8 Å². The summed E-state index contributed by atoms with van der Waals surface area (Å²) in [6.07, 6.45) is 0.603. The highest BCUT2D eigenvalue weighted by atomic mass is 32.2. The van der Waals surface area contributed by atoms with Gasteiger partial charge in [-0.1, -0.05) is 0 Å². The lowest BCUT2D eigenvalue weighted by atomic mass is 10.2. The lowest BCUT2D eigenvalue weighted by molar-refractivity contribution is 0.0963. The summed E-state index contributed by atoms with van der Waals surface area (Å²) >= 11 is 0. The van der Waals surface area contributed by atoms with Crippen molar-refractivity contribution in [3.63, 3.8) is 0 Å². The quantitative estimate of drug-likeness (QED) is 0.709. The molecule has 1 aromatic rings. The molecule has 7 heteroatoms. The van der Waals surface area contributed by atoms with Crippen LogP contribution in [0, 0.1) is 0 Å². The first-order chi connectivity index (χ1) is 9.01. The summed E-state index contributed by atoms with van der Waals surface area (Å²) in [5.41, 5.74) is 0.417. The molecule has 0 aliphatic carbocycles. The van der Waals surface area contributed by atoms with Gasteiger partial charge in [-0.2, -0.15) is 0 Å². The van der Waals surface area contributed by atoms with Crippen LogP contribution < -0.4 is 10.0 Å². The maximum absolute atomic E-state index is 11.9. The van der Waals surface area contributed by atoms with Crippen LogP contribution in [0.1, 0.15) is 16.8 Å². The number of hydrogen-bond donors (Lipinski definition) is 2. The highest BCUT2D eigenvalue weighted by Crippen LogP contribution is 2.10. The SMILES string of the molecule is CNC(=O)c1ccc(S(=O)(=O)NCCCOC)cc1. The second-order valence-electron chi connectivity index (χ2n) is 3.85. The molecular formula is C12H18N2O4S. The molecule has 0 fully saturated rings. The summed E-state index contributed by atoms with van der Waals surface area (Å²) in [6.45, 7) is 0.811. The van der Waals surface area contributed by atoms with E-state index in [0.717, 1.165) is 0 Å². The molecule has 0 aliphatic rings. The van der Waals surface area contributed by atoms with Crippen molar-refractivity contribution >= 4 is 15.9 Å². The van der Waals surface area contributed by atoms with E-state index in [9.17, 15) is 13.2 Å². The van der Waals surface area contributed by atoms with Crippen molar-refractivity contribution in [1.82, 2.24) is 10.0 Å². The predicted molar refractivity (Wildman–Crippen MR) is 71.5 cm³/mol. The Balaban J connectivity index is 2.71. The molecule has 0 saturated heterocycles. The summed E-state index contributed by atoms with van der Waals surface area (Å²) < 4.78 is 31.1. The van der Waals surface area contributed by atoms with Gasteiger partial charge in [-0.3, -0.25) is 4.79 Å². The molecule has 2 N–H and O–H groups in total. The maximum Gasteiger partial charge on any atom is 0.251 e. The summed E-state index contributed by atoms with van der Waals surface area (Å²) in [7, 11) is -0.447. The van der Waals surface area contributed by atoms with E-state index in [1.165, 1.54) is 31.3 Å². The zero-order valence-corrected chi connectivity index (χ0v) is 11.8. The molecule has 0 atom stereocenters. The average Bonchev–Trinajstić information content (AvgIpc) is 2.43. The standard InChI is InChI=1S/C12H18N2O4S/c1-13-12(15)10-4-6-11(7-5-10)19(16,17)14-8-3-9-18-2/h4-7,14H,3,8-9H2,1-2H3,(H,13,15). The van der Waals surface area contributed by atoms with Gasteiger partial charge in [0, 0.05) is 32.9 Å². The van der Waals surface area contributed by atoms with Crippen LogP contribution in [0.2, 0.25) is 0 Å². The Labute approximate surface area is 113 Å². The molecule has 0 unspecified atom stereocenters. The fourth-order valence-corrected chi connectivity index (χ4v) is 2.51. The van der Waals surface area contributed by atoms with Gasteiger partial charge >= 0.3 is 0 Å². The fourth-order valence-electron chi connectivity index (χ4n) is 1.44. The van der Waals surface area contributed by atoms with Crippen molar-refractivity contribution in [1.29, 1.82) is 0 Å². The van der Waals surface area contributed by atoms with Crippen LogP contribution in [0.5, 0.6) is 0 Å². The first-order valence-corrected chi connectivity index (χ1v) is 7.30. The Kier molecular flexibility index (Phi) is 5.94. The third kappa shape index (κ3) is 4.62. The predicted octanol–water partition coefficient (Wildman–Crippen LogP) is 0.361. The van der Waals surface area contributed by atoms with Crippen molar-refractivity contribution in [2.24, 2.45) is 0 Å². The first-order valence-electron chi connectivity index (χ1n) is 5.82. The second-order valence-corrected chi connectivity index (χ2v) is 5.61. The van der Waals surface area contributed by atoms with Gasteiger partial charge in [-0.05, 0) is 30.7 Å². The number of hydrogen-bond acceptors (Lipinski definition) is 4. The van der Waals surface area contributed by atoms with E-state index in [4.69, 9.17) is 4.74 Å². The monoisotopic (exact) mass is 286 g/mol. The van der Waals surface area contributed by atoms with Gasteiger partial charge < -0.3 is 10.1 Å². The normalized spacial score (nSPS) is 11.3. The van der Waals surface area contributed by atoms with Crippen LogP contribution in [0.3, 0.4) is 0 Å². The van der Waals surface area contributed by atoms with Crippen LogP contribution in [0.4, 0.5) is 0 Å². The van der Waals surface area contributed by atoms with Crippen molar-refractivity contribution in [2.45, 2.75) is 11.3 Å². The number of methoxy groups -OCH3 is 1. The van der Waals surface area contributed by atoms with Crippen molar-refractivity contribution in [3.8, 4) is 0 Å². The van der Waals surface area contributed by atoms with Gasteiger partial charge in [0.15, 0.2) is 0 Å². The molecule has 0 radical (unpaired) electrons. The fraction of sp³-hybridized carbons (Fsp3) is 0.417. The molecule has 0 bridgehead atoms. The van der Waals surface area contributed by atoms with Gasteiger partial charge in [0.05, 0.1) is 4.90 Å². The molecule has 0 saturated carbocycles. The maximum atomic E-state index is 11.9. The van der Waals surface area contributed by atoms with Gasteiger partial charge in [-0.25, -0.2) is 13.1 Å². The molecule has 19 heavy (non-hydrogen) atoms. The number of nitrogens with one attached hydrogen (secondary N) is 2. The minimum atomic E-state index is -3.53. The zero-order chi connectivity index (χ0) is 14.3. The highest BCUT2D eigenvalue weighted by molar-refractivity contribution is 7.89.